The van der Waals surface area contributed by atoms with Gasteiger partial charge in [-0.3, -0.25) is 4.79 Å². The quantitative estimate of drug-likeness (QED) is 0.662. The smallest absolute Gasteiger partial charge is 0.341 e. The van der Waals surface area contributed by atoms with Gasteiger partial charge >= 0.3 is 5.97 Å². The van der Waals surface area contributed by atoms with E-state index in [2.05, 4.69) is 13.8 Å². The van der Waals surface area contributed by atoms with Gasteiger partial charge in [-0.2, -0.15) is 0 Å². The van der Waals surface area contributed by atoms with Crippen LogP contribution in [0.2, 0.25) is 0 Å². The molecule has 2 atom stereocenters. The fourth-order valence-corrected chi connectivity index (χ4v) is 4.19. The number of aromatic carboxylic acids is 1. The standard InChI is InChI=1S/C23H23FN2O5/c1-12-9-25(10-13(12)2)20-18(24)8-16-19(22(20)31-3)26(11-17(21(16)28)23(29)30)14-4-6-15(27)7-5-14/h4-8,11-13,27H,9-10H2,1-3H3,(H,29,30)/t12-,13+. The second kappa shape index (κ2) is 7.61. The summed E-state index contributed by atoms with van der Waals surface area (Å²) in [5, 5.41) is 19.1. The van der Waals surface area contributed by atoms with E-state index < -0.39 is 22.8 Å². The molecule has 1 fully saturated rings. The molecular weight excluding hydrogens is 403 g/mol. The topological polar surface area (TPSA) is 92.0 Å². The van der Waals surface area contributed by atoms with Crippen LogP contribution in [0, 0.1) is 17.7 Å². The lowest BCUT2D eigenvalue weighted by molar-refractivity contribution is 0.0695. The lowest BCUT2D eigenvalue weighted by Gasteiger charge is -2.24. The van der Waals surface area contributed by atoms with Crippen LogP contribution in [0.4, 0.5) is 10.1 Å². The fraction of sp³-hybridized carbons (Fsp3) is 0.304. The summed E-state index contributed by atoms with van der Waals surface area (Å²) in [6, 6.07) is 7.13. The highest BCUT2D eigenvalue weighted by atomic mass is 19.1. The number of carboxylic acids is 1. The number of nitrogens with zero attached hydrogens (tertiary/aromatic N) is 2. The van der Waals surface area contributed by atoms with Gasteiger partial charge in [-0.05, 0) is 42.2 Å². The normalized spacial score (nSPS) is 18.5. The summed E-state index contributed by atoms with van der Waals surface area (Å²) in [5.41, 5.74) is -0.264. The third-order valence-corrected chi connectivity index (χ3v) is 6.04. The van der Waals surface area contributed by atoms with Gasteiger partial charge in [0.2, 0.25) is 5.43 Å². The van der Waals surface area contributed by atoms with E-state index in [4.69, 9.17) is 4.74 Å². The number of methoxy groups -OCH3 is 1. The number of ether oxygens (including phenoxy) is 1. The van der Waals surface area contributed by atoms with Gasteiger partial charge < -0.3 is 24.4 Å². The van der Waals surface area contributed by atoms with E-state index >= 15 is 4.39 Å². The number of benzene rings is 2. The molecule has 1 aliphatic heterocycles. The Labute approximate surface area is 177 Å². The molecule has 1 aromatic heterocycles. The molecule has 3 aromatic rings. The number of carbonyl (C=O) groups is 1. The molecule has 0 amide bonds. The number of halogens is 1. The maximum atomic E-state index is 15.3. The van der Waals surface area contributed by atoms with Crippen molar-refractivity contribution in [3.8, 4) is 17.2 Å². The molecule has 0 saturated carbocycles. The van der Waals surface area contributed by atoms with Gasteiger partial charge in [0.1, 0.15) is 22.5 Å². The van der Waals surface area contributed by atoms with Crippen LogP contribution in [0.25, 0.3) is 16.6 Å². The van der Waals surface area contributed by atoms with Crippen molar-refractivity contribution in [2.45, 2.75) is 13.8 Å². The average Bonchev–Trinajstić information content (AvgIpc) is 3.06. The van der Waals surface area contributed by atoms with Gasteiger partial charge in [0.05, 0.1) is 12.5 Å². The number of rotatable bonds is 4. The molecule has 2 heterocycles. The second-order valence-corrected chi connectivity index (χ2v) is 8.06. The van der Waals surface area contributed by atoms with Crippen molar-refractivity contribution in [3.05, 3.63) is 58.1 Å². The predicted molar refractivity (Wildman–Crippen MR) is 115 cm³/mol. The minimum atomic E-state index is -1.41. The monoisotopic (exact) mass is 426 g/mol. The van der Waals surface area contributed by atoms with Crippen molar-refractivity contribution in [1.29, 1.82) is 0 Å². The molecular formula is C23H23FN2O5. The van der Waals surface area contributed by atoms with Crippen LogP contribution in [0.1, 0.15) is 24.2 Å². The molecule has 2 aromatic carbocycles. The van der Waals surface area contributed by atoms with E-state index in [9.17, 15) is 19.8 Å². The van der Waals surface area contributed by atoms with E-state index in [1.807, 2.05) is 4.90 Å². The zero-order valence-electron chi connectivity index (χ0n) is 17.4. The van der Waals surface area contributed by atoms with Crippen molar-refractivity contribution in [2.75, 3.05) is 25.1 Å². The maximum absolute atomic E-state index is 15.3. The molecule has 7 nitrogen and oxygen atoms in total. The van der Waals surface area contributed by atoms with Crippen LogP contribution in [0.3, 0.4) is 0 Å². The van der Waals surface area contributed by atoms with E-state index in [1.165, 1.54) is 30.0 Å². The summed E-state index contributed by atoms with van der Waals surface area (Å²) in [7, 11) is 1.40. The summed E-state index contributed by atoms with van der Waals surface area (Å²) in [5.74, 6) is -1.14. The number of aromatic nitrogens is 1. The third-order valence-electron chi connectivity index (χ3n) is 6.04. The largest absolute Gasteiger partial charge is 0.508 e. The SMILES string of the molecule is COc1c(N2C[C@@H](C)[C@@H](C)C2)c(F)cc2c(=O)c(C(=O)O)cn(-c3ccc(O)cc3)c12. The van der Waals surface area contributed by atoms with Crippen molar-refractivity contribution >= 4 is 22.6 Å². The molecule has 31 heavy (non-hydrogen) atoms. The Bertz CT molecular complexity index is 1230. The van der Waals surface area contributed by atoms with Crippen molar-refractivity contribution < 1.29 is 24.1 Å². The van der Waals surface area contributed by atoms with Crippen LogP contribution in [0.15, 0.2) is 41.3 Å². The van der Waals surface area contributed by atoms with Gasteiger partial charge in [0.15, 0.2) is 11.6 Å². The zero-order chi connectivity index (χ0) is 22.4. The van der Waals surface area contributed by atoms with E-state index in [0.29, 0.717) is 30.6 Å². The summed E-state index contributed by atoms with van der Waals surface area (Å²) in [6.45, 7) is 5.47. The zero-order valence-corrected chi connectivity index (χ0v) is 17.4. The first-order chi connectivity index (χ1) is 14.7. The Morgan fingerprint density at radius 3 is 2.32 bits per heavy atom. The summed E-state index contributed by atoms with van der Waals surface area (Å²) in [4.78, 5) is 26.5. The lowest BCUT2D eigenvalue weighted by atomic mass is 10.0. The van der Waals surface area contributed by atoms with E-state index in [0.717, 1.165) is 6.07 Å². The van der Waals surface area contributed by atoms with Crippen LogP contribution in [0.5, 0.6) is 11.5 Å². The number of anilines is 1. The van der Waals surface area contributed by atoms with Crippen LogP contribution in [-0.4, -0.2) is 40.9 Å². The number of hydrogen-bond acceptors (Lipinski definition) is 5. The maximum Gasteiger partial charge on any atom is 0.341 e. The highest BCUT2D eigenvalue weighted by molar-refractivity contribution is 5.97. The van der Waals surface area contributed by atoms with Crippen molar-refractivity contribution in [3.63, 3.8) is 0 Å². The first-order valence-electron chi connectivity index (χ1n) is 9.96. The fourth-order valence-electron chi connectivity index (χ4n) is 4.19. The number of phenols is 1. The number of aromatic hydroxyl groups is 1. The Morgan fingerprint density at radius 1 is 1.16 bits per heavy atom. The molecule has 0 bridgehead atoms. The summed E-state index contributed by atoms with van der Waals surface area (Å²) < 4.78 is 22.4. The molecule has 8 heteroatoms. The number of pyridine rings is 1. The minimum Gasteiger partial charge on any atom is -0.508 e. The molecule has 2 N–H and O–H groups in total. The van der Waals surface area contributed by atoms with Crippen molar-refractivity contribution in [1.82, 2.24) is 4.57 Å². The number of hydrogen-bond donors (Lipinski definition) is 2. The van der Waals surface area contributed by atoms with Crippen molar-refractivity contribution in [2.24, 2.45) is 11.8 Å². The minimum absolute atomic E-state index is 0.0336. The molecule has 162 valence electrons. The van der Waals surface area contributed by atoms with Crippen LogP contribution >= 0.6 is 0 Å². The van der Waals surface area contributed by atoms with Gasteiger partial charge in [0.25, 0.3) is 0 Å². The highest BCUT2D eigenvalue weighted by Crippen LogP contribution is 2.41. The predicted octanol–water partition coefficient (Wildman–Crippen LogP) is 3.63. The molecule has 0 unspecified atom stereocenters. The molecule has 0 radical (unpaired) electrons. The second-order valence-electron chi connectivity index (χ2n) is 8.06. The third kappa shape index (κ3) is 3.37. The van der Waals surface area contributed by atoms with Gasteiger partial charge in [-0.25, -0.2) is 9.18 Å². The van der Waals surface area contributed by atoms with Gasteiger partial charge in [0, 0.05) is 25.0 Å². The summed E-state index contributed by atoms with van der Waals surface area (Å²) >= 11 is 0. The molecule has 1 saturated heterocycles. The van der Waals surface area contributed by atoms with E-state index in [-0.39, 0.29) is 28.1 Å². The highest BCUT2D eigenvalue weighted by Gasteiger charge is 2.32. The first-order valence-corrected chi connectivity index (χ1v) is 9.96. The first kappa shape index (κ1) is 20.7. The Balaban J connectivity index is 2.11. The lowest BCUT2D eigenvalue weighted by Crippen LogP contribution is -2.24. The van der Waals surface area contributed by atoms with Gasteiger partial charge in [-0.15, -0.1) is 0 Å². The number of carboxylic acid groups (broad SMARTS) is 1. The Morgan fingerprint density at radius 2 is 1.77 bits per heavy atom. The average molecular weight is 426 g/mol. The molecule has 1 aliphatic rings. The number of phenolic OH excluding ortho intramolecular Hbond substituents is 1. The Hall–Kier alpha value is -3.55. The molecule has 0 spiro atoms. The van der Waals surface area contributed by atoms with Crippen LogP contribution < -0.4 is 15.1 Å². The Kier molecular flexibility index (Phi) is 5.08. The molecule has 4 rings (SSSR count). The van der Waals surface area contributed by atoms with Gasteiger partial charge in [-0.1, -0.05) is 13.8 Å². The summed E-state index contributed by atoms with van der Waals surface area (Å²) in [6.07, 6.45) is 1.21. The molecule has 0 aliphatic carbocycles. The van der Waals surface area contributed by atoms with E-state index in [1.54, 1.807) is 12.1 Å². The number of fused-ring (bicyclic) bond motifs is 1. The van der Waals surface area contributed by atoms with Crippen LogP contribution in [-0.2, 0) is 0 Å².